The Bertz CT molecular complexity index is 789. The number of anilines is 1. The molecule has 0 bridgehead atoms. The highest BCUT2D eigenvalue weighted by molar-refractivity contribution is 7.92. The van der Waals surface area contributed by atoms with Gasteiger partial charge in [0.15, 0.2) is 9.84 Å². The van der Waals surface area contributed by atoms with Gasteiger partial charge in [0.1, 0.15) is 5.25 Å². The molecule has 2 atom stereocenters. The van der Waals surface area contributed by atoms with E-state index in [9.17, 15) is 8.42 Å². The summed E-state index contributed by atoms with van der Waals surface area (Å²) in [5.74, 6) is 0. The van der Waals surface area contributed by atoms with Crippen molar-refractivity contribution in [1.82, 2.24) is 5.06 Å². The number of benzene rings is 2. The van der Waals surface area contributed by atoms with E-state index < -0.39 is 15.1 Å². The first-order valence-corrected chi connectivity index (χ1v) is 9.38. The Hall–Kier alpha value is -1.89. The van der Waals surface area contributed by atoms with E-state index >= 15 is 0 Å². The largest absolute Gasteiger partial charge is 0.378 e. The molecule has 1 aliphatic heterocycles. The average molecular weight is 346 g/mol. The lowest BCUT2D eigenvalue weighted by molar-refractivity contribution is -0.110. The van der Waals surface area contributed by atoms with Gasteiger partial charge in [0.05, 0.1) is 17.5 Å². The zero-order valence-corrected chi connectivity index (χ0v) is 14.9. The van der Waals surface area contributed by atoms with E-state index in [0.29, 0.717) is 4.90 Å². The Morgan fingerprint density at radius 2 is 1.67 bits per heavy atom. The van der Waals surface area contributed by atoms with Gasteiger partial charge in [-0.05, 0) is 29.8 Å². The van der Waals surface area contributed by atoms with Gasteiger partial charge in [0, 0.05) is 26.8 Å². The molecule has 0 aromatic heterocycles. The smallest absolute Gasteiger partial charge is 0.185 e. The third-order valence-electron chi connectivity index (χ3n) is 4.41. The molecule has 1 heterocycles. The van der Waals surface area contributed by atoms with Gasteiger partial charge in [0.25, 0.3) is 0 Å². The molecule has 1 aliphatic rings. The normalized spacial score (nSPS) is 21.8. The molecule has 128 valence electrons. The van der Waals surface area contributed by atoms with Crippen LogP contribution in [0, 0.1) is 0 Å². The highest BCUT2D eigenvalue weighted by atomic mass is 32.2. The molecule has 6 heteroatoms. The van der Waals surface area contributed by atoms with E-state index in [1.54, 1.807) is 36.4 Å². The van der Waals surface area contributed by atoms with E-state index in [2.05, 4.69) is 0 Å². The standard InChI is InChI=1S/C18H22N2O3S/c1-19(2)15-11-9-14(10-12-15)18-17(13-23-20(18)3)24(21,22)16-7-5-4-6-8-16/h4-12,17-18H,13H2,1-3H3/t17-,18+/m1/s1. The molecule has 1 saturated heterocycles. The van der Waals surface area contributed by atoms with Crippen LogP contribution in [0.3, 0.4) is 0 Å². The molecular formula is C18H22N2O3S. The molecule has 0 unspecified atom stereocenters. The monoisotopic (exact) mass is 346 g/mol. The average Bonchev–Trinajstić information content (AvgIpc) is 2.98. The van der Waals surface area contributed by atoms with E-state index in [-0.39, 0.29) is 12.6 Å². The van der Waals surface area contributed by atoms with Crippen LogP contribution in [0.5, 0.6) is 0 Å². The molecule has 0 spiro atoms. The topological polar surface area (TPSA) is 49.9 Å². The van der Waals surface area contributed by atoms with Crippen molar-refractivity contribution in [2.24, 2.45) is 0 Å². The van der Waals surface area contributed by atoms with Crippen molar-refractivity contribution in [1.29, 1.82) is 0 Å². The van der Waals surface area contributed by atoms with Gasteiger partial charge >= 0.3 is 0 Å². The Morgan fingerprint density at radius 3 is 2.25 bits per heavy atom. The Labute approximate surface area is 143 Å². The highest BCUT2D eigenvalue weighted by Gasteiger charge is 2.43. The lowest BCUT2D eigenvalue weighted by atomic mass is 10.0. The lowest BCUT2D eigenvalue weighted by Crippen LogP contribution is -2.31. The summed E-state index contributed by atoms with van der Waals surface area (Å²) in [5.41, 5.74) is 2.01. The SMILES string of the molecule is CN(C)c1ccc([C@H]2[C@H](S(=O)(=O)c3ccccc3)CON2C)cc1. The van der Waals surface area contributed by atoms with E-state index in [0.717, 1.165) is 11.3 Å². The molecule has 24 heavy (non-hydrogen) atoms. The minimum absolute atomic E-state index is 0.161. The lowest BCUT2D eigenvalue weighted by Gasteiger charge is -2.23. The van der Waals surface area contributed by atoms with Gasteiger partial charge in [-0.1, -0.05) is 30.3 Å². The van der Waals surface area contributed by atoms with Crippen molar-refractivity contribution < 1.29 is 13.3 Å². The van der Waals surface area contributed by atoms with Crippen molar-refractivity contribution >= 4 is 15.5 Å². The van der Waals surface area contributed by atoms with Crippen molar-refractivity contribution in [2.75, 3.05) is 32.6 Å². The van der Waals surface area contributed by atoms with Crippen LogP contribution in [0.1, 0.15) is 11.6 Å². The van der Waals surface area contributed by atoms with Crippen LogP contribution in [0.15, 0.2) is 59.5 Å². The molecule has 0 aliphatic carbocycles. The third kappa shape index (κ3) is 3.05. The van der Waals surface area contributed by atoms with Crippen LogP contribution >= 0.6 is 0 Å². The van der Waals surface area contributed by atoms with Crippen LogP contribution in [0.25, 0.3) is 0 Å². The van der Waals surface area contributed by atoms with E-state index in [1.165, 1.54) is 0 Å². The number of nitrogens with zero attached hydrogens (tertiary/aromatic N) is 2. The predicted octanol–water partition coefficient (Wildman–Crippen LogP) is 2.51. The fraction of sp³-hybridized carbons (Fsp3) is 0.333. The summed E-state index contributed by atoms with van der Waals surface area (Å²) in [7, 11) is 2.26. The van der Waals surface area contributed by atoms with Crippen LogP contribution in [0.4, 0.5) is 5.69 Å². The van der Waals surface area contributed by atoms with Gasteiger partial charge in [-0.25, -0.2) is 8.42 Å². The molecule has 2 aromatic rings. The van der Waals surface area contributed by atoms with Crippen molar-refractivity contribution in [3.05, 3.63) is 60.2 Å². The summed E-state index contributed by atoms with van der Waals surface area (Å²) in [6.45, 7) is 0.161. The maximum absolute atomic E-state index is 13.0. The summed E-state index contributed by atoms with van der Waals surface area (Å²) in [4.78, 5) is 7.91. The zero-order valence-electron chi connectivity index (χ0n) is 14.1. The van der Waals surface area contributed by atoms with Crippen molar-refractivity contribution in [3.63, 3.8) is 0 Å². The van der Waals surface area contributed by atoms with Crippen LogP contribution < -0.4 is 4.90 Å². The fourth-order valence-electron chi connectivity index (χ4n) is 3.04. The predicted molar refractivity (Wildman–Crippen MR) is 94.6 cm³/mol. The minimum atomic E-state index is -3.47. The Balaban J connectivity index is 1.96. The number of rotatable bonds is 4. The van der Waals surface area contributed by atoms with E-state index in [4.69, 9.17) is 4.84 Å². The van der Waals surface area contributed by atoms with Gasteiger partial charge < -0.3 is 4.90 Å². The molecule has 0 amide bonds. The van der Waals surface area contributed by atoms with E-state index in [1.807, 2.05) is 49.3 Å². The Kier molecular flexibility index (Phi) is 4.62. The number of hydroxylamine groups is 2. The van der Waals surface area contributed by atoms with Crippen LogP contribution in [0.2, 0.25) is 0 Å². The number of hydrogen-bond donors (Lipinski definition) is 0. The number of sulfone groups is 1. The third-order valence-corrected chi connectivity index (χ3v) is 6.53. The van der Waals surface area contributed by atoms with Crippen LogP contribution in [-0.2, 0) is 14.7 Å². The fourth-order valence-corrected chi connectivity index (χ4v) is 4.83. The molecule has 0 N–H and O–H groups in total. The van der Waals surface area contributed by atoms with Crippen molar-refractivity contribution in [3.8, 4) is 0 Å². The number of hydrogen-bond acceptors (Lipinski definition) is 5. The first kappa shape index (κ1) is 17.0. The van der Waals surface area contributed by atoms with Gasteiger partial charge in [-0.2, -0.15) is 5.06 Å². The molecule has 5 nitrogen and oxygen atoms in total. The van der Waals surface area contributed by atoms with Crippen LogP contribution in [-0.4, -0.2) is 46.5 Å². The molecule has 0 saturated carbocycles. The van der Waals surface area contributed by atoms with Gasteiger partial charge in [-0.3, -0.25) is 4.84 Å². The first-order chi connectivity index (χ1) is 11.4. The molecule has 0 radical (unpaired) electrons. The van der Waals surface area contributed by atoms with Crippen molar-refractivity contribution in [2.45, 2.75) is 16.2 Å². The summed E-state index contributed by atoms with van der Waals surface area (Å²) >= 11 is 0. The molecule has 2 aromatic carbocycles. The molecule has 3 rings (SSSR count). The minimum Gasteiger partial charge on any atom is -0.378 e. The summed E-state index contributed by atoms with van der Waals surface area (Å²) < 4.78 is 26.0. The first-order valence-electron chi connectivity index (χ1n) is 7.83. The second kappa shape index (κ2) is 6.55. The second-order valence-corrected chi connectivity index (χ2v) is 8.34. The maximum Gasteiger partial charge on any atom is 0.185 e. The quantitative estimate of drug-likeness (QED) is 0.851. The Morgan fingerprint density at radius 1 is 1.04 bits per heavy atom. The molecular weight excluding hydrogens is 324 g/mol. The summed E-state index contributed by atoms with van der Waals surface area (Å²) in [5, 5.41) is 1.02. The summed E-state index contributed by atoms with van der Waals surface area (Å²) in [6, 6.07) is 16.2. The second-order valence-electron chi connectivity index (χ2n) is 6.17. The van der Waals surface area contributed by atoms with Gasteiger partial charge in [0.2, 0.25) is 0 Å². The highest BCUT2D eigenvalue weighted by Crippen LogP contribution is 2.36. The zero-order chi connectivity index (χ0) is 17.3. The van der Waals surface area contributed by atoms with Gasteiger partial charge in [-0.15, -0.1) is 0 Å². The summed E-state index contributed by atoms with van der Waals surface area (Å²) in [6.07, 6.45) is 0. The maximum atomic E-state index is 13.0. The molecule has 1 fully saturated rings.